The molecule has 122 valence electrons. The SMILES string of the molecule is CCOC(=O)OCOC(=O)c1c(F)ccc2c1OB(O)[C@@H]1CC21. The van der Waals surface area contributed by atoms with Crippen LogP contribution >= 0.6 is 0 Å². The van der Waals surface area contributed by atoms with E-state index in [1.165, 1.54) is 6.07 Å². The minimum Gasteiger partial charge on any atom is -0.535 e. The van der Waals surface area contributed by atoms with E-state index in [4.69, 9.17) is 9.39 Å². The lowest BCUT2D eigenvalue weighted by Crippen LogP contribution is -2.28. The van der Waals surface area contributed by atoms with E-state index in [1.54, 1.807) is 6.92 Å². The van der Waals surface area contributed by atoms with Gasteiger partial charge in [-0.05, 0) is 30.9 Å². The summed E-state index contributed by atoms with van der Waals surface area (Å²) in [6.07, 6.45) is -0.274. The van der Waals surface area contributed by atoms with Crippen LogP contribution in [0.15, 0.2) is 12.1 Å². The van der Waals surface area contributed by atoms with E-state index in [0.29, 0.717) is 5.56 Å². The lowest BCUT2D eigenvalue weighted by Gasteiger charge is -2.21. The maximum Gasteiger partial charge on any atom is 0.526 e. The average Bonchev–Trinajstić information content (AvgIpc) is 3.28. The van der Waals surface area contributed by atoms with Gasteiger partial charge in [-0.15, -0.1) is 0 Å². The van der Waals surface area contributed by atoms with Gasteiger partial charge in [0.15, 0.2) is 0 Å². The van der Waals surface area contributed by atoms with Crippen molar-refractivity contribution in [1.82, 2.24) is 0 Å². The fourth-order valence-electron chi connectivity index (χ4n) is 2.64. The van der Waals surface area contributed by atoms with Gasteiger partial charge in [0.2, 0.25) is 6.79 Å². The number of fused-ring (bicyclic) bond motifs is 3. The second kappa shape index (κ2) is 6.07. The van der Waals surface area contributed by atoms with Crippen LogP contribution < -0.4 is 4.65 Å². The van der Waals surface area contributed by atoms with Crippen LogP contribution in [-0.4, -0.2) is 37.7 Å². The van der Waals surface area contributed by atoms with Crippen LogP contribution in [0.25, 0.3) is 0 Å². The molecule has 1 N–H and O–H groups in total. The Bertz CT molecular complexity index is 650. The van der Waals surface area contributed by atoms with E-state index >= 15 is 0 Å². The second-order valence-electron chi connectivity index (χ2n) is 5.23. The van der Waals surface area contributed by atoms with Crippen LogP contribution in [0, 0.1) is 5.82 Å². The largest absolute Gasteiger partial charge is 0.535 e. The Balaban J connectivity index is 1.73. The van der Waals surface area contributed by atoms with Gasteiger partial charge in [-0.25, -0.2) is 14.0 Å². The van der Waals surface area contributed by atoms with Crippen molar-refractivity contribution in [3.8, 4) is 5.75 Å². The molecule has 0 bridgehead atoms. The second-order valence-corrected chi connectivity index (χ2v) is 5.23. The molecule has 1 heterocycles. The summed E-state index contributed by atoms with van der Waals surface area (Å²) in [5, 5.41) is 9.79. The van der Waals surface area contributed by atoms with E-state index in [2.05, 4.69) is 9.47 Å². The molecule has 2 atom stereocenters. The zero-order chi connectivity index (χ0) is 16.6. The zero-order valence-electron chi connectivity index (χ0n) is 12.3. The van der Waals surface area contributed by atoms with Gasteiger partial charge in [-0.2, -0.15) is 0 Å². The predicted molar refractivity (Wildman–Crippen MR) is 74.5 cm³/mol. The minimum atomic E-state index is -1.07. The number of hydrogen-bond donors (Lipinski definition) is 1. The van der Waals surface area contributed by atoms with Crippen molar-refractivity contribution in [2.45, 2.75) is 25.1 Å². The van der Waals surface area contributed by atoms with Crippen LogP contribution in [-0.2, 0) is 14.2 Å². The van der Waals surface area contributed by atoms with Gasteiger partial charge < -0.3 is 23.9 Å². The normalized spacial score (nSPS) is 20.7. The van der Waals surface area contributed by atoms with Crippen LogP contribution in [0.1, 0.15) is 35.2 Å². The highest BCUT2D eigenvalue weighted by Gasteiger charge is 2.54. The number of carbonyl (C=O) groups is 2. The smallest absolute Gasteiger partial charge is 0.526 e. The maximum absolute atomic E-state index is 14.0. The van der Waals surface area contributed by atoms with E-state index in [1.807, 2.05) is 0 Å². The van der Waals surface area contributed by atoms with Crippen LogP contribution in [0.2, 0.25) is 5.82 Å². The summed E-state index contributed by atoms with van der Waals surface area (Å²) in [7, 11) is -1.07. The van der Waals surface area contributed by atoms with Crippen LogP contribution in [0.3, 0.4) is 0 Å². The lowest BCUT2D eigenvalue weighted by molar-refractivity contribution is -0.0265. The van der Waals surface area contributed by atoms with Crippen molar-refractivity contribution >= 4 is 19.2 Å². The highest BCUT2D eigenvalue weighted by molar-refractivity contribution is 6.48. The summed E-state index contributed by atoms with van der Waals surface area (Å²) in [5.41, 5.74) is 0.249. The predicted octanol–water partition coefficient (Wildman–Crippen LogP) is 1.84. The molecule has 0 saturated heterocycles. The molecule has 1 fully saturated rings. The first-order valence-corrected chi connectivity index (χ1v) is 7.16. The van der Waals surface area contributed by atoms with Crippen LogP contribution in [0.5, 0.6) is 5.75 Å². The van der Waals surface area contributed by atoms with Gasteiger partial charge in [-0.3, -0.25) is 0 Å². The number of rotatable bonds is 4. The summed E-state index contributed by atoms with van der Waals surface area (Å²) in [4.78, 5) is 23.0. The molecule has 0 aromatic heterocycles. The van der Waals surface area contributed by atoms with E-state index in [-0.39, 0.29) is 24.1 Å². The molecule has 0 spiro atoms. The molecule has 1 aliphatic heterocycles. The Morgan fingerprint density at radius 1 is 1.39 bits per heavy atom. The molecule has 7 nitrogen and oxygen atoms in total. The fraction of sp³-hybridized carbons (Fsp3) is 0.429. The highest BCUT2D eigenvalue weighted by Crippen LogP contribution is 2.60. The average molecular weight is 324 g/mol. The maximum atomic E-state index is 14.0. The highest BCUT2D eigenvalue weighted by atomic mass is 19.1. The molecule has 0 radical (unpaired) electrons. The summed E-state index contributed by atoms with van der Waals surface area (Å²) in [6.45, 7) is 0.990. The molecule has 1 aromatic carbocycles. The quantitative estimate of drug-likeness (QED) is 0.513. The zero-order valence-corrected chi connectivity index (χ0v) is 12.3. The van der Waals surface area contributed by atoms with Crippen molar-refractivity contribution in [2.75, 3.05) is 13.4 Å². The molecule has 2 aliphatic rings. The molecule has 23 heavy (non-hydrogen) atoms. The van der Waals surface area contributed by atoms with E-state index in [9.17, 15) is 19.0 Å². The third kappa shape index (κ3) is 2.96. The summed E-state index contributed by atoms with van der Waals surface area (Å²) >= 11 is 0. The third-order valence-electron chi connectivity index (χ3n) is 3.81. The standard InChI is InChI=1S/C14H14BFO7/c1-2-20-14(18)22-6-21-13(17)11-10(16)4-3-7-8-5-9(8)15(19)23-12(7)11/h3-4,8-9,19H,2,5-6H2,1H3/t8?,9-/m1/s1. The van der Waals surface area contributed by atoms with E-state index < -0.39 is 37.4 Å². The Hall–Kier alpha value is -2.29. The van der Waals surface area contributed by atoms with Crippen molar-refractivity contribution in [2.24, 2.45) is 0 Å². The molecule has 1 aliphatic carbocycles. The molecular weight excluding hydrogens is 310 g/mol. The Labute approximate surface area is 131 Å². The fourth-order valence-corrected chi connectivity index (χ4v) is 2.64. The number of halogens is 1. The Morgan fingerprint density at radius 2 is 2.17 bits per heavy atom. The molecule has 9 heteroatoms. The topological polar surface area (TPSA) is 91.3 Å². The monoisotopic (exact) mass is 324 g/mol. The first-order chi connectivity index (χ1) is 11.0. The molecule has 1 saturated carbocycles. The third-order valence-corrected chi connectivity index (χ3v) is 3.81. The van der Waals surface area contributed by atoms with Crippen molar-refractivity contribution < 1.29 is 37.9 Å². The summed E-state index contributed by atoms with van der Waals surface area (Å²) in [5.74, 6) is -1.87. The molecule has 0 amide bonds. The van der Waals surface area contributed by atoms with Crippen LogP contribution in [0.4, 0.5) is 9.18 Å². The van der Waals surface area contributed by atoms with Gasteiger partial charge in [-0.1, -0.05) is 6.07 Å². The number of ether oxygens (including phenoxy) is 3. The van der Waals surface area contributed by atoms with Crippen molar-refractivity contribution in [3.63, 3.8) is 0 Å². The lowest BCUT2D eigenvalue weighted by atomic mass is 9.77. The number of carbonyl (C=O) groups excluding carboxylic acids is 2. The number of benzene rings is 1. The van der Waals surface area contributed by atoms with Crippen molar-refractivity contribution in [3.05, 3.63) is 29.1 Å². The Kier molecular flexibility index (Phi) is 4.12. The van der Waals surface area contributed by atoms with Crippen molar-refractivity contribution in [1.29, 1.82) is 0 Å². The number of hydrogen-bond acceptors (Lipinski definition) is 7. The molecule has 3 rings (SSSR count). The van der Waals surface area contributed by atoms with Gasteiger partial charge in [0.1, 0.15) is 17.1 Å². The van der Waals surface area contributed by atoms with Gasteiger partial charge >= 0.3 is 19.2 Å². The minimum absolute atomic E-state index is 0.0163. The van der Waals surface area contributed by atoms with Gasteiger partial charge in [0, 0.05) is 5.82 Å². The summed E-state index contributed by atoms with van der Waals surface area (Å²) < 4.78 is 33.0. The molecule has 1 aromatic rings. The first kappa shape index (κ1) is 15.6. The Morgan fingerprint density at radius 3 is 2.91 bits per heavy atom. The number of esters is 1. The molecule has 1 unspecified atom stereocenters. The molecular formula is C14H14BFO7. The van der Waals surface area contributed by atoms with Gasteiger partial charge in [0.25, 0.3) is 0 Å². The van der Waals surface area contributed by atoms with Gasteiger partial charge in [0.05, 0.1) is 6.61 Å². The van der Waals surface area contributed by atoms with E-state index in [0.717, 1.165) is 12.5 Å². The first-order valence-electron chi connectivity index (χ1n) is 7.16. The summed E-state index contributed by atoms with van der Waals surface area (Å²) in [6, 6.07) is 2.69.